The van der Waals surface area contributed by atoms with Crippen LogP contribution in [0.4, 0.5) is 0 Å². The largest absolute Gasteiger partial charge is 0.354 e. The van der Waals surface area contributed by atoms with Crippen LogP contribution in [0.2, 0.25) is 0 Å². The van der Waals surface area contributed by atoms with Gasteiger partial charge in [-0.2, -0.15) is 10.2 Å². The summed E-state index contributed by atoms with van der Waals surface area (Å²) in [5.41, 5.74) is 3.71. The molecule has 0 bridgehead atoms. The van der Waals surface area contributed by atoms with Crippen molar-refractivity contribution in [2.75, 3.05) is 20.1 Å². The van der Waals surface area contributed by atoms with Crippen LogP contribution in [-0.2, 0) is 11.3 Å². The van der Waals surface area contributed by atoms with Crippen molar-refractivity contribution in [2.45, 2.75) is 39.8 Å². The molecule has 0 aliphatic carbocycles. The van der Waals surface area contributed by atoms with Crippen LogP contribution in [-0.4, -0.2) is 50.5 Å². The van der Waals surface area contributed by atoms with Gasteiger partial charge >= 0.3 is 0 Å². The highest BCUT2D eigenvalue weighted by Crippen LogP contribution is 2.20. The summed E-state index contributed by atoms with van der Waals surface area (Å²) in [4.78, 5) is 28.4. The highest BCUT2D eigenvalue weighted by Gasteiger charge is 2.23. The standard InChI is InChI=1S/C27H32N6O2/c1-19-25-24(20(2)32(30-25)23-14-9-6-10-15-23)27(35)33(29-19)21(3)26(34)28-16-11-17-31(4)18-22-12-7-5-8-13-22/h5-10,12-15,21H,11,16-18H2,1-4H3,(H,28,34). The average Bonchev–Trinajstić information content (AvgIpc) is 3.22. The molecule has 0 spiro atoms. The number of fused-ring (bicyclic) bond motifs is 1. The smallest absolute Gasteiger partial charge is 0.278 e. The molecule has 4 aromatic rings. The number of benzene rings is 2. The zero-order valence-corrected chi connectivity index (χ0v) is 20.7. The molecule has 1 atom stereocenters. The van der Waals surface area contributed by atoms with E-state index >= 15 is 0 Å². The molecule has 0 saturated heterocycles. The molecule has 0 aliphatic rings. The molecule has 0 fully saturated rings. The average molecular weight is 473 g/mol. The van der Waals surface area contributed by atoms with Gasteiger partial charge in [-0.15, -0.1) is 0 Å². The van der Waals surface area contributed by atoms with Gasteiger partial charge in [0.15, 0.2) is 0 Å². The van der Waals surface area contributed by atoms with E-state index < -0.39 is 6.04 Å². The summed E-state index contributed by atoms with van der Waals surface area (Å²) in [5, 5.41) is 12.5. The van der Waals surface area contributed by atoms with Crippen LogP contribution in [0.1, 0.15) is 36.3 Å². The number of aromatic nitrogens is 4. The molecule has 0 radical (unpaired) electrons. The third-order valence-electron chi connectivity index (χ3n) is 6.20. The van der Waals surface area contributed by atoms with Crippen molar-refractivity contribution in [1.82, 2.24) is 29.8 Å². The fourth-order valence-electron chi connectivity index (χ4n) is 4.26. The van der Waals surface area contributed by atoms with E-state index in [2.05, 4.69) is 39.6 Å². The molecule has 8 nitrogen and oxygen atoms in total. The van der Waals surface area contributed by atoms with E-state index in [-0.39, 0.29) is 11.5 Å². The van der Waals surface area contributed by atoms with Crippen molar-refractivity contribution in [1.29, 1.82) is 0 Å². The molecule has 2 heterocycles. The van der Waals surface area contributed by atoms with Crippen molar-refractivity contribution >= 4 is 16.8 Å². The number of rotatable bonds is 9. The third kappa shape index (κ3) is 5.33. The Morgan fingerprint density at radius 3 is 2.37 bits per heavy atom. The van der Waals surface area contributed by atoms with Crippen molar-refractivity contribution < 1.29 is 4.79 Å². The van der Waals surface area contributed by atoms with Gasteiger partial charge in [-0.1, -0.05) is 48.5 Å². The van der Waals surface area contributed by atoms with Crippen LogP contribution >= 0.6 is 0 Å². The maximum absolute atomic E-state index is 13.3. The van der Waals surface area contributed by atoms with E-state index in [0.717, 1.165) is 30.9 Å². The lowest BCUT2D eigenvalue weighted by molar-refractivity contribution is -0.124. The number of carbonyl (C=O) groups excluding carboxylic acids is 1. The maximum atomic E-state index is 13.3. The molecule has 182 valence electrons. The van der Waals surface area contributed by atoms with Gasteiger partial charge in [0, 0.05) is 13.1 Å². The van der Waals surface area contributed by atoms with Crippen LogP contribution in [0.5, 0.6) is 0 Å². The number of nitrogens with one attached hydrogen (secondary N) is 1. The molecule has 0 saturated carbocycles. The summed E-state index contributed by atoms with van der Waals surface area (Å²) in [6.45, 7) is 7.62. The van der Waals surface area contributed by atoms with E-state index in [4.69, 9.17) is 0 Å². The number of para-hydroxylation sites is 1. The lowest BCUT2D eigenvalue weighted by Gasteiger charge is -2.18. The van der Waals surface area contributed by atoms with Crippen molar-refractivity contribution in [3.8, 4) is 5.69 Å². The summed E-state index contributed by atoms with van der Waals surface area (Å²) in [7, 11) is 2.07. The normalized spacial score (nSPS) is 12.3. The predicted molar refractivity (Wildman–Crippen MR) is 138 cm³/mol. The number of aryl methyl sites for hydroxylation is 2. The highest BCUT2D eigenvalue weighted by atomic mass is 16.2. The highest BCUT2D eigenvalue weighted by molar-refractivity contribution is 5.84. The predicted octanol–water partition coefficient (Wildman–Crippen LogP) is 3.40. The quantitative estimate of drug-likeness (QED) is 0.378. The van der Waals surface area contributed by atoms with E-state index in [1.807, 2.05) is 62.4 Å². The summed E-state index contributed by atoms with van der Waals surface area (Å²) in [5.74, 6) is -0.225. The van der Waals surface area contributed by atoms with Gasteiger partial charge in [-0.25, -0.2) is 9.36 Å². The van der Waals surface area contributed by atoms with Gasteiger partial charge in [0.05, 0.1) is 22.5 Å². The molecule has 1 amide bonds. The Labute approximate surface area is 205 Å². The molecule has 35 heavy (non-hydrogen) atoms. The van der Waals surface area contributed by atoms with Gasteiger partial charge in [-0.05, 0) is 58.5 Å². The summed E-state index contributed by atoms with van der Waals surface area (Å²) < 4.78 is 3.03. The van der Waals surface area contributed by atoms with Crippen molar-refractivity contribution in [3.05, 3.63) is 88.0 Å². The molecular weight excluding hydrogens is 440 g/mol. The Hall–Kier alpha value is -3.78. The molecule has 2 aromatic carbocycles. The molecule has 0 aliphatic heterocycles. The summed E-state index contributed by atoms with van der Waals surface area (Å²) >= 11 is 0. The Bertz CT molecular complexity index is 1360. The Morgan fingerprint density at radius 1 is 1.03 bits per heavy atom. The Balaban J connectivity index is 1.43. The zero-order valence-electron chi connectivity index (χ0n) is 20.7. The SMILES string of the molecule is Cc1nn(C(C)C(=O)NCCCN(C)Cc2ccccc2)c(=O)c2c(C)n(-c3ccccc3)nc12. The fourth-order valence-corrected chi connectivity index (χ4v) is 4.26. The minimum Gasteiger partial charge on any atom is -0.354 e. The van der Waals surface area contributed by atoms with E-state index in [1.165, 1.54) is 10.2 Å². The number of carbonyl (C=O) groups is 1. The molecular formula is C27H32N6O2. The minimum atomic E-state index is -0.730. The molecule has 8 heteroatoms. The van der Waals surface area contributed by atoms with Gasteiger partial charge in [0.1, 0.15) is 11.6 Å². The topological polar surface area (TPSA) is 85.0 Å². The van der Waals surface area contributed by atoms with Crippen LogP contribution in [0.25, 0.3) is 16.6 Å². The van der Waals surface area contributed by atoms with E-state index in [9.17, 15) is 9.59 Å². The minimum absolute atomic E-state index is 0.225. The fraction of sp³-hybridized carbons (Fsp3) is 0.333. The summed E-state index contributed by atoms with van der Waals surface area (Å²) in [6.07, 6.45) is 0.811. The van der Waals surface area contributed by atoms with E-state index in [0.29, 0.717) is 23.1 Å². The molecule has 4 rings (SSSR count). The molecule has 1 unspecified atom stereocenters. The maximum Gasteiger partial charge on any atom is 0.278 e. The van der Waals surface area contributed by atoms with Gasteiger partial charge in [0.2, 0.25) is 5.91 Å². The Morgan fingerprint density at radius 2 is 1.69 bits per heavy atom. The van der Waals surface area contributed by atoms with Crippen LogP contribution in [0.15, 0.2) is 65.5 Å². The zero-order chi connectivity index (χ0) is 24.9. The lowest BCUT2D eigenvalue weighted by atomic mass is 10.2. The van der Waals surface area contributed by atoms with Gasteiger partial charge < -0.3 is 10.2 Å². The first-order chi connectivity index (χ1) is 16.9. The summed E-state index contributed by atoms with van der Waals surface area (Å²) in [6, 6.07) is 19.2. The van der Waals surface area contributed by atoms with Gasteiger partial charge in [-0.3, -0.25) is 9.59 Å². The molecule has 1 N–H and O–H groups in total. The monoisotopic (exact) mass is 472 g/mol. The van der Waals surface area contributed by atoms with E-state index in [1.54, 1.807) is 11.6 Å². The van der Waals surface area contributed by atoms with Crippen molar-refractivity contribution in [3.63, 3.8) is 0 Å². The lowest BCUT2D eigenvalue weighted by Crippen LogP contribution is -2.38. The Kier molecular flexibility index (Phi) is 7.41. The number of amides is 1. The number of hydrogen-bond acceptors (Lipinski definition) is 5. The van der Waals surface area contributed by atoms with Gasteiger partial charge in [0.25, 0.3) is 5.56 Å². The third-order valence-corrected chi connectivity index (χ3v) is 6.20. The first-order valence-electron chi connectivity index (χ1n) is 11.9. The first kappa shape index (κ1) is 24.3. The molecule has 2 aromatic heterocycles. The second kappa shape index (κ2) is 10.7. The number of nitrogens with zero attached hydrogens (tertiary/aromatic N) is 5. The van der Waals surface area contributed by atoms with Crippen molar-refractivity contribution in [2.24, 2.45) is 0 Å². The van der Waals surface area contributed by atoms with Crippen LogP contribution in [0.3, 0.4) is 0 Å². The van der Waals surface area contributed by atoms with Crippen LogP contribution < -0.4 is 10.9 Å². The second-order valence-corrected chi connectivity index (χ2v) is 8.94. The first-order valence-corrected chi connectivity index (χ1v) is 11.9. The number of hydrogen-bond donors (Lipinski definition) is 1. The van der Waals surface area contributed by atoms with Crippen LogP contribution in [0, 0.1) is 13.8 Å². The second-order valence-electron chi connectivity index (χ2n) is 8.94.